The second-order valence-electron chi connectivity index (χ2n) is 4.25. The van der Waals surface area contributed by atoms with Crippen molar-refractivity contribution in [1.29, 1.82) is 0 Å². The normalized spacial score (nSPS) is 11.9. The summed E-state index contributed by atoms with van der Waals surface area (Å²) in [4.78, 5) is 11.9. The summed E-state index contributed by atoms with van der Waals surface area (Å²) in [6.45, 7) is 1.80. The minimum absolute atomic E-state index is 0.252. The van der Waals surface area contributed by atoms with Crippen LogP contribution in [-0.4, -0.2) is 5.91 Å². The van der Waals surface area contributed by atoms with Crippen LogP contribution in [0.2, 0.25) is 0 Å². The van der Waals surface area contributed by atoms with E-state index < -0.39 is 0 Å². The lowest BCUT2D eigenvalue weighted by atomic mass is 10.1. The van der Waals surface area contributed by atoms with Crippen molar-refractivity contribution in [3.63, 3.8) is 0 Å². The molecule has 1 N–H and O–H groups in total. The lowest BCUT2D eigenvalue weighted by molar-refractivity contribution is 0.0940. The lowest BCUT2D eigenvalue weighted by Crippen LogP contribution is -2.26. The monoisotopic (exact) mass is 261 g/mol. The number of carbonyl (C=O) groups excluding carboxylic acids is 1. The van der Waals surface area contributed by atoms with Crippen LogP contribution in [0, 0.1) is 11.6 Å². The molecule has 2 rings (SSSR count). The third-order valence-corrected chi connectivity index (χ3v) is 2.82. The van der Waals surface area contributed by atoms with E-state index in [1.807, 2.05) is 0 Å². The molecule has 1 amide bonds. The molecule has 0 radical (unpaired) electrons. The minimum Gasteiger partial charge on any atom is -0.346 e. The SMILES string of the molecule is C[C@@H](NC(=O)c1ccc(F)cc1)c1ccc(F)cc1. The topological polar surface area (TPSA) is 29.1 Å². The zero-order valence-electron chi connectivity index (χ0n) is 10.4. The molecule has 2 nitrogen and oxygen atoms in total. The molecule has 0 aliphatic rings. The van der Waals surface area contributed by atoms with Crippen LogP contribution < -0.4 is 5.32 Å². The van der Waals surface area contributed by atoms with Gasteiger partial charge in [0.1, 0.15) is 11.6 Å². The number of benzene rings is 2. The van der Waals surface area contributed by atoms with E-state index in [9.17, 15) is 13.6 Å². The average Bonchev–Trinajstić information content (AvgIpc) is 2.40. The zero-order valence-corrected chi connectivity index (χ0v) is 10.4. The van der Waals surface area contributed by atoms with Crippen LogP contribution in [0.1, 0.15) is 28.9 Å². The summed E-state index contributed by atoms with van der Waals surface area (Å²) in [5, 5.41) is 2.77. The fourth-order valence-electron chi connectivity index (χ4n) is 1.72. The maximum atomic E-state index is 12.8. The molecule has 0 aliphatic heterocycles. The Labute approximate surface area is 110 Å². The van der Waals surface area contributed by atoms with Gasteiger partial charge in [0, 0.05) is 5.56 Å². The molecule has 19 heavy (non-hydrogen) atoms. The molecule has 0 heterocycles. The molecule has 1 atom stereocenters. The summed E-state index contributed by atoms with van der Waals surface area (Å²) >= 11 is 0. The van der Waals surface area contributed by atoms with Crippen LogP contribution in [0.3, 0.4) is 0 Å². The van der Waals surface area contributed by atoms with Crippen molar-refractivity contribution in [3.8, 4) is 0 Å². The van der Waals surface area contributed by atoms with Crippen LogP contribution in [0.15, 0.2) is 48.5 Å². The smallest absolute Gasteiger partial charge is 0.251 e. The number of hydrogen-bond acceptors (Lipinski definition) is 1. The van der Waals surface area contributed by atoms with Crippen LogP contribution in [0.25, 0.3) is 0 Å². The third kappa shape index (κ3) is 3.37. The number of nitrogens with one attached hydrogen (secondary N) is 1. The summed E-state index contributed by atoms with van der Waals surface area (Å²) in [6.07, 6.45) is 0. The van der Waals surface area contributed by atoms with Gasteiger partial charge in [-0.05, 0) is 48.9 Å². The highest BCUT2D eigenvalue weighted by molar-refractivity contribution is 5.94. The van der Waals surface area contributed by atoms with E-state index >= 15 is 0 Å². The van der Waals surface area contributed by atoms with Gasteiger partial charge >= 0.3 is 0 Å². The van der Waals surface area contributed by atoms with Crippen LogP contribution in [0.5, 0.6) is 0 Å². The highest BCUT2D eigenvalue weighted by atomic mass is 19.1. The van der Waals surface area contributed by atoms with Crippen molar-refractivity contribution in [1.82, 2.24) is 5.32 Å². The first-order valence-electron chi connectivity index (χ1n) is 5.88. The van der Waals surface area contributed by atoms with Crippen LogP contribution in [-0.2, 0) is 0 Å². The molecular weight excluding hydrogens is 248 g/mol. The van der Waals surface area contributed by atoms with E-state index in [2.05, 4.69) is 5.32 Å². The Morgan fingerprint density at radius 1 is 0.947 bits per heavy atom. The molecule has 0 fully saturated rings. The molecule has 0 saturated carbocycles. The van der Waals surface area contributed by atoms with Gasteiger partial charge in [0.15, 0.2) is 0 Å². The molecule has 2 aromatic rings. The van der Waals surface area contributed by atoms with Crippen molar-refractivity contribution < 1.29 is 13.6 Å². The number of rotatable bonds is 3. The molecule has 0 spiro atoms. The Balaban J connectivity index is 2.06. The van der Waals surface area contributed by atoms with E-state index in [0.29, 0.717) is 5.56 Å². The first kappa shape index (κ1) is 13.2. The summed E-state index contributed by atoms with van der Waals surface area (Å²) in [7, 11) is 0. The van der Waals surface area contributed by atoms with Crippen molar-refractivity contribution in [3.05, 3.63) is 71.3 Å². The highest BCUT2D eigenvalue weighted by Crippen LogP contribution is 2.14. The van der Waals surface area contributed by atoms with E-state index in [1.54, 1.807) is 19.1 Å². The largest absolute Gasteiger partial charge is 0.346 e. The van der Waals surface area contributed by atoms with Gasteiger partial charge in [0.25, 0.3) is 5.91 Å². The fourth-order valence-corrected chi connectivity index (χ4v) is 1.72. The van der Waals surface area contributed by atoms with Gasteiger partial charge in [0.2, 0.25) is 0 Å². The molecule has 0 saturated heterocycles. The second-order valence-corrected chi connectivity index (χ2v) is 4.25. The Hall–Kier alpha value is -2.23. The Bertz CT molecular complexity index is 564. The molecule has 0 aromatic heterocycles. The summed E-state index contributed by atoms with van der Waals surface area (Å²) in [5.74, 6) is -0.999. The maximum absolute atomic E-state index is 12.8. The van der Waals surface area contributed by atoms with Crippen LogP contribution in [0.4, 0.5) is 8.78 Å². The van der Waals surface area contributed by atoms with Crippen LogP contribution >= 0.6 is 0 Å². The predicted octanol–water partition coefficient (Wildman–Crippen LogP) is 3.46. The molecule has 0 unspecified atom stereocenters. The van der Waals surface area contributed by atoms with Crippen molar-refractivity contribution in [2.45, 2.75) is 13.0 Å². The van der Waals surface area contributed by atoms with Gasteiger partial charge in [-0.1, -0.05) is 12.1 Å². The van der Waals surface area contributed by atoms with Gasteiger partial charge in [-0.3, -0.25) is 4.79 Å². The number of carbonyl (C=O) groups is 1. The quantitative estimate of drug-likeness (QED) is 0.900. The highest BCUT2D eigenvalue weighted by Gasteiger charge is 2.11. The Morgan fingerprint density at radius 2 is 1.42 bits per heavy atom. The number of hydrogen-bond donors (Lipinski definition) is 1. The molecule has 4 heteroatoms. The lowest BCUT2D eigenvalue weighted by Gasteiger charge is -2.14. The standard InChI is InChI=1S/C15H13F2NO/c1-10(11-2-6-13(16)7-3-11)18-15(19)12-4-8-14(17)9-5-12/h2-10H,1H3,(H,18,19)/t10-/m1/s1. The Kier molecular flexibility index (Phi) is 3.90. The van der Waals surface area contributed by atoms with Gasteiger partial charge in [-0.15, -0.1) is 0 Å². The van der Waals surface area contributed by atoms with Gasteiger partial charge in [-0.25, -0.2) is 8.78 Å². The molecule has 98 valence electrons. The molecule has 0 bridgehead atoms. The fraction of sp³-hybridized carbons (Fsp3) is 0.133. The van der Waals surface area contributed by atoms with Gasteiger partial charge in [-0.2, -0.15) is 0 Å². The van der Waals surface area contributed by atoms with E-state index in [-0.39, 0.29) is 23.6 Å². The van der Waals surface area contributed by atoms with Crippen molar-refractivity contribution >= 4 is 5.91 Å². The number of amides is 1. The van der Waals surface area contributed by atoms with E-state index in [0.717, 1.165) is 5.56 Å². The van der Waals surface area contributed by atoms with E-state index in [1.165, 1.54) is 36.4 Å². The van der Waals surface area contributed by atoms with Crippen molar-refractivity contribution in [2.24, 2.45) is 0 Å². The predicted molar refractivity (Wildman–Crippen MR) is 68.7 cm³/mol. The minimum atomic E-state index is -0.386. The average molecular weight is 261 g/mol. The molecule has 2 aromatic carbocycles. The first-order chi connectivity index (χ1) is 9.06. The zero-order chi connectivity index (χ0) is 13.8. The van der Waals surface area contributed by atoms with Gasteiger partial charge < -0.3 is 5.32 Å². The second kappa shape index (κ2) is 5.61. The van der Waals surface area contributed by atoms with Gasteiger partial charge in [0.05, 0.1) is 6.04 Å². The first-order valence-corrected chi connectivity index (χ1v) is 5.88. The van der Waals surface area contributed by atoms with E-state index in [4.69, 9.17) is 0 Å². The molecular formula is C15H13F2NO. The maximum Gasteiger partial charge on any atom is 0.251 e. The number of halogens is 2. The summed E-state index contributed by atoms with van der Waals surface area (Å²) < 4.78 is 25.5. The van der Waals surface area contributed by atoms with Crippen molar-refractivity contribution in [2.75, 3.05) is 0 Å². The summed E-state index contributed by atoms with van der Waals surface area (Å²) in [6, 6.07) is 11.0. The third-order valence-electron chi connectivity index (χ3n) is 2.82. The summed E-state index contributed by atoms with van der Waals surface area (Å²) in [5.41, 5.74) is 1.19. The molecule has 0 aliphatic carbocycles. The Morgan fingerprint density at radius 3 is 1.95 bits per heavy atom.